The zero-order chi connectivity index (χ0) is 7.56. The first-order valence-corrected chi connectivity index (χ1v) is 2.74. The van der Waals surface area contributed by atoms with Crippen molar-refractivity contribution < 1.29 is 28.8 Å². The van der Waals surface area contributed by atoms with Gasteiger partial charge in [0, 0.05) is 0 Å². The van der Waals surface area contributed by atoms with Gasteiger partial charge in [-0.3, -0.25) is 0 Å². The number of aliphatic carboxylic acids is 1. The Labute approximate surface area is 75.6 Å². The third-order valence-electron chi connectivity index (χ3n) is 1.09. The normalized spacial score (nSPS) is 8.82. The summed E-state index contributed by atoms with van der Waals surface area (Å²) < 4.78 is 1.26. The molecule has 0 aromatic carbocycles. The van der Waals surface area contributed by atoms with Crippen molar-refractivity contribution in [1.82, 2.24) is 14.8 Å². The molecule has 0 aliphatic heterocycles. The van der Waals surface area contributed by atoms with Gasteiger partial charge in [-0.1, -0.05) is 0 Å². The molecule has 0 saturated carbocycles. The monoisotopic (exact) mass is 147 g/mol. The van der Waals surface area contributed by atoms with Crippen molar-refractivity contribution >= 4 is 5.97 Å². The number of aromatic nitrogens is 3. The number of nitrogens with zero attached hydrogens (tertiary/aromatic N) is 3. The molecular formula is C5H6LiN3O2. The standard InChI is InChI=1S/C5H7N3O2.Li/c1-4-6-3-7-8(4)2-5(9)10;/h3H,2H2,1H3,(H,9,10);/q;+1/p-1. The fraction of sp³-hybridized carbons (Fsp3) is 0.400. The smallest absolute Gasteiger partial charge is 0.548 e. The van der Waals surface area contributed by atoms with Gasteiger partial charge in [0.25, 0.3) is 0 Å². The van der Waals surface area contributed by atoms with Crippen LogP contribution >= 0.6 is 0 Å². The molecule has 11 heavy (non-hydrogen) atoms. The minimum atomic E-state index is -1.16. The van der Waals surface area contributed by atoms with Crippen molar-refractivity contribution in [2.75, 3.05) is 0 Å². The van der Waals surface area contributed by atoms with Gasteiger partial charge in [0.15, 0.2) is 0 Å². The van der Waals surface area contributed by atoms with Crippen molar-refractivity contribution in [3.8, 4) is 0 Å². The Morgan fingerprint density at radius 2 is 2.45 bits per heavy atom. The number of carboxylic acids is 1. The number of carboxylic acid groups (broad SMARTS) is 1. The number of hydrogen-bond acceptors (Lipinski definition) is 4. The van der Waals surface area contributed by atoms with Crippen LogP contribution in [-0.2, 0) is 11.3 Å². The van der Waals surface area contributed by atoms with Crippen LogP contribution in [0.15, 0.2) is 6.33 Å². The third kappa shape index (κ3) is 2.74. The van der Waals surface area contributed by atoms with E-state index in [9.17, 15) is 9.90 Å². The van der Waals surface area contributed by atoms with Gasteiger partial charge in [0.05, 0.1) is 12.5 Å². The first-order valence-electron chi connectivity index (χ1n) is 2.74. The van der Waals surface area contributed by atoms with Gasteiger partial charge in [0.2, 0.25) is 0 Å². The summed E-state index contributed by atoms with van der Waals surface area (Å²) in [6.07, 6.45) is 1.30. The zero-order valence-electron chi connectivity index (χ0n) is 6.44. The molecule has 1 aromatic heterocycles. The molecule has 0 radical (unpaired) electrons. The second-order valence-electron chi connectivity index (χ2n) is 1.84. The van der Waals surface area contributed by atoms with Gasteiger partial charge in [-0.15, -0.1) is 0 Å². The van der Waals surface area contributed by atoms with Crippen molar-refractivity contribution in [3.05, 3.63) is 12.2 Å². The van der Waals surface area contributed by atoms with E-state index in [1.807, 2.05) is 0 Å². The van der Waals surface area contributed by atoms with Crippen LogP contribution in [0.4, 0.5) is 0 Å². The van der Waals surface area contributed by atoms with E-state index >= 15 is 0 Å². The average molecular weight is 147 g/mol. The number of rotatable bonds is 2. The first-order chi connectivity index (χ1) is 4.70. The molecule has 0 spiro atoms. The van der Waals surface area contributed by atoms with E-state index < -0.39 is 5.97 Å². The van der Waals surface area contributed by atoms with Gasteiger partial charge in [-0.2, -0.15) is 5.10 Å². The number of aryl methyl sites for hydroxylation is 1. The first kappa shape index (κ1) is 10.2. The minimum absolute atomic E-state index is 0. The molecule has 0 fully saturated rings. The summed E-state index contributed by atoms with van der Waals surface area (Å²) in [6.45, 7) is 1.45. The number of carbonyl (C=O) groups is 1. The largest absolute Gasteiger partial charge is 1.00 e. The predicted molar refractivity (Wildman–Crippen MR) is 29.8 cm³/mol. The van der Waals surface area contributed by atoms with E-state index in [0.717, 1.165) is 0 Å². The van der Waals surface area contributed by atoms with Crippen molar-refractivity contribution in [2.45, 2.75) is 13.5 Å². The Bertz CT molecular complexity index is 248. The maximum Gasteiger partial charge on any atom is 1.00 e. The average Bonchev–Trinajstić information content (AvgIpc) is 2.15. The molecule has 0 aliphatic rings. The molecule has 0 atom stereocenters. The fourth-order valence-electron chi connectivity index (χ4n) is 0.599. The van der Waals surface area contributed by atoms with Crippen LogP contribution in [-0.4, -0.2) is 20.7 Å². The molecule has 0 unspecified atom stereocenters. The van der Waals surface area contributed by atoms with Gasteiger partial charge in [-0.25, -0.2) is 9.67 Å². The van der Waals surface area contributed by atoms with Crippen LogP contribution in [0.2, 0.25) is 0 Å². The molecule has 1 rings (SSSR count). The summed E-state index contributed by atoms with van der Waals surface area (Å²) in [5.74, 6) is -0.585. The van der Waals surface area contributed by atoms with Gasteiger partial charge in [-0.05, 0) is 6.92 Å². The summed E-state index contributed by atoms with van der Waals surface area (Å²) in [4.78, 5) is 13.7. The van der Waals surface area contributed by atoms with Gasteiger partial charge < -0.3 is 9.90 Å². The van der Waals surface area contributed by atoms with E-state index in [1.165, 1.54) is 11.0 Å². The molecule has 0 aliphatic carbocycles. The van der Waals surface area contributed by atoms with Crippen molar-refractivity contribution in [3.63, 3.8) is 0 Å². The molecule has 54 valence electrons. The third-order valence-corrected chi connectivity index (χ3v) is 1.09. The van der Waals surface area contributed by atoms with E-state index in [0.29, 0.717) is 5.82 Å². The predicted octanol–water partition coefficient (Wildman–Crippen LogP) is -4.66. The number of carbonyl (C=O) groups excluding carboxylic acids is 1. The Hall–Kier alpha value is -0.793. The molecule has 0 N–H and O–H groups in total. The summed E-state index contributed by atoms with van der Waals surface area (Å²) in [7, 11) is 0. The van der Waals surface area contributed by atoms with Gasteiger partial charge in [0.1, 0.15) is 12.2 Å². The minimum Gasteiger partial charge on any atom is -0.548 e. The summed E-state index contributed by atoms with van der Waals surface area (Å²) in [5, 5.41) is 13.7. The number of hydrogen-bond donors (Lipinski definition) is 0. The van der Waals surface area contributed by atoms with Crippen molar-refractivity contribution in [1.29, 1.82) is 0 Å². The molecule has 1 heterocycles. The maximum absolute atomic E-state index is 10.0. The maximum atomic E-state index is 10.0. The Balaban J connectivity index is 0.000001000. The van der Waals surface area contributed by atoms with Gasteiger partial charge >= 0.3 is 18.9 Å². The van der Waals surface area contributed by atoms with E-state index in [1.54, 1.807) is 6.92 Å². The van der Waals surface area contributed by atoms with E-state index in [-0.39, 0.29) is 25.4 Å². The van der Waals surface area contributed by atoms with Crippen LogP contribution in [0, 0.1) is 6.92 Å². The topological polar surface area (TPSA) is 70.8 Å². The molecule has 5 nitrogen and oxygen atoms in total. The fourth-order valence-corrected chi connectivity index (χ4v) is 0.599. The molecular weight excluding hydrogens is 141 g/mol. The Kier molecular flexibility index (Phi) is 3.86. The molecule has 0 bridgehead atoms. The quantitative estimate of drug-likeness (QED) is 0.394. The van der Waals surface area contributed by atoms with Crippen LogP contribution in [0.1, 0.15) is 5.82 Å². The zero-order valence-corrected chi connectivity index (χ0v) is 6.44. The molecule has 1 aromatic rings. The van der Waals surface area contributed by atoms with Crippen molar-refractivity contribution in [2.24, 2.45) is 0 Å². The summed E-state index contributed by atoms with van der Waals surface area (Å²) >= 11 is 0. The van der Waals surface area contributed by atoms with E-state index in [2.05, 4.69) is 10.1 Å². The Morgan fingerprint density at radius 3 is 2.82 bits per heavy atom. The SMILES string of the molecule is Cc1ncnn1CC(=O)[O-].[Li+]. The second kappa shape index (κ2) is 4.16. The van der Waals surface area contributed by atoms with Crippen LogP contribution in [0.25, 0.3) is 0 Å². The van der Waals surface area contributed by atoms with Crippen LogP contribution in [0.3, 0.4) is 0 Å². The van der Waals surface area contributed by atoms with Crippen LogP contribution in [0.5, 0.6) is 0 Å². The van der Waals surface area contributed by atoms with E-state index in [4.69, 9.17) is 0 Å². The molecule has 6 heteroatoms. The molecule has 0 amide bonds. The van der Waals surface area contributed by atoms with Crippen LogP contribution < -0.4 is 24.0 Å². The second-order valence-corrected chi connectivity index (χ2v) is 1.84. The summed E-state index contributed by atoms with van der Waals surface area (Å²) in [5.41, 5.74) is 0. The molecule has 0 saturated heterocycles. The Morgan fingerprint density at radius 1 is 1.82 bits per heavy atom. The summed E-state index contributed by atoms with van der Waals surface area (Å²) in [6, 6.07) is 0.